The van der Waals surface area contributed by atoms with Gasteiger partial charge < -0.3 is 5.32 Å². The Morgan fingerprint density at radius 1 is 1.33 bits per heavy atom. The molecule has 0 bridgehead atoms. The van der Waals surface area contributed by atoms with Crippen LogP contribution in [0.25, 0.3) is 0 Å². The molecular weight excluding hydrogens is 146 g/mol. The Bertz CT molecular complexity index is 129. The van der Waals surface area contributed by atoms with E-state index in [1.165, 1.54) is 45.1 Å². The minimum absolute atomic E-state index is 0.687. The average molecular weight is 167 g/mol. The average Bonchev–Trinajstić information content (AvgIpc) is 2.57. The monoisotopic (exact) mass is 167 g/mol. The predicted molar refractivity (Wildman–Crippen MR) is 54.3 cm³/mol. The van der Waals surface area contributed by atoms with Crippen molar-refractivity contribution in [1.29, 1.82) is 0 Å². The van der Waals surface area contributed by atoms with Crippen LogP contribution >= 0.6 is 0 Å². The Balaban J connectivity index is 1.85. The molecule has 0 saturated carbocycles. The first-order valence-corrected chi connectivity index (χ1v) is 5.33. The smallest absolute Gasteiger partial charge is 0.0252 e. The van der Waals surface area contributed by atoms with Crippen molar-refractivity contribution in [2.75, 3.05) is 6.54 Å². The fraction of sp³-hybridized carbons (Fsp3) is 0.818. The summed E-state index contributed by atoms with van der Waals surface area (Å²) in [5.41, 5.74) is 0. The highest BCUT2D eigenvalue weighted by Crippen LogP contribution is 2.08. The topological polar surface area (TPSA) is 12.0 Å². The summed E-state index contributed by atoms with van der Waals surface area (Å²) in [6, 6.07) is 0.687. The van der Waals surface area contributed by atoms with Gasteiger partial charge in [-0.15, -0.1) is 0 Å². The second kappa shape index (κ2) is 6.24. The third kappa shape index (κ3) is 3.91. The number of hydrogen-bond donors (Lipinski definition) is 1. The van der Waals surface area contributed by atoms with Crippen LogP contribution in [0.1, 0.15) is 45.4 Å². The van der Waals surface area contributed by atoms with Crippen molar-refractivity contribution in [2.24, 2.45) is 0 Å². The molecule has 0 unspecified atom stereocenters. The van der Waals surface area contributed by atoms with Gasteiger partial charge in [-0.05, 0) is 25.8 Å². The molecule has 0 amide bonds. The van der Waals surface area contributed by atoms with Gasteiger partial charge in [0, 0.05) is 6.04 Å². The van der Waals surface area contributed by atoms with E-state index in [-0.39, 0.29) is 0 Å². The second-order valence-corrected chi connectivity index (χ2v) is 3.63. The number of hydrogen-bond acceptors (Lipinski definition) is 1. The summed E-state index contributed by atoms with van der Waals surface area (Å²) in [5.74, 6) is 0. The molecule has 0 aromatic heterocycles. The third-order valence-corrected chi connectivity index (χ3v) is 2.45. The van der Waals surface area contributed by atoms with Crippen LogP contribution in [0.3, 0.4) is 0 Å². The minimum atomic E-state index is 0.687. The predicted octanol–water partition coefficient (Wildman–Crippen LogP) is 2.87. The normalized spacial score (nSPS) is 21.9. The maximum absolute atomic E-state index is 3.55. The second-order valence-electron chi connectivity index (χ2n) is 3.63. The minimum Gasteiger partial charge on any atom is -0.311 e. The van der Waals surface area contributed by atoms with Crippen molar-refractivity contribution in [3.8, 4) is 0 Å². The number of allylic oxidation sites excluding steroid dienone is 1. The van der Waals surface area contributed by atoms with Crippen molar-refractivity contribution >= 4 is 0 Å². The van der Waals surface area contributed by atoms with Gasteiger partial charge >= 0.3 is 0 Å². The quantitative estimate of drug-likeness (QED) is 0.474. The Morgan fingerprint density at radius 3 is 2.92 bits per heavy atom. The molecule has 0 aliphatic heterocycles. The summed E-state index contributed by atoms with van der Waals surface area (Å²) >= 11 is 0. The van der Waals surface area contributed by atoms with Gasteiger partial charge in [0.2, 0.25) is 0 Å². The van der Waals surface area contributed by atoms with Gasteiger partial charge in [-0.25, -0.2) is 0 Å². The van der Waals surface area contributed by atoms with E-state index in [4.69, 9.17) is 0 Å². The van der Waals surface area contributed by atoms with E-state index in [0.717, 1.165) is 0 Å². The molecule has 0 heterocycles. The Morgan fingerprint density at radius 2 is 2.25 bits per heavy atom. The summed E-state index contributed by atoms with van der Waals surface area (Å²) < 4.78 is 0. The zero-order valence-corrected chi connectivity index (χ0v) is 8.18. The van der Waals surface area contributed by atoms with Crippen molar-refractivity contribution in [3.05, 3.63) is 12.2 Å². The maximum atomic E-state index is 3.55. The standard InChI is InChI=1S/C11H21N/c1-2-3-4-7-10-12-11-8-5-6-9-11/h5,8,11-12H,2-4,6-7,9-10H2,1H3/t11-/m1/s1. The molecule has 12 heavy (non-hydrogen) atoms. The lowest BCUT2D eigenvalue weighted by Gasteiger charge is -2.09. The Labute approximate surface area is 76.2 Å². The van der Waals surface area contributed by atoms with Crippen molar-refractivity contribution in [2.45, 2.75) is 51.5 Å². The van der Waals surface area contributed by atoms with Crippen LogP contribution in [-0.4, -0.2) is 12.6 Å². The van der Waals surface area contributed by atoms with Gasteiger partial charge in [0.25, 0.3) is 0 Å². The number of unbranched alkanes of at least 4 members (excludes halogenated alkanes) is 3. The zero-order chi connectivity index (χ0) is 8.65. The molecule has 0 radical (unpaired) electrons. The van der Waals surface area contributed by atoms with Crippen LogP contribution in [0.5, 0.6) is 0 Å². The van der Waals surface area contributed by atoms with E-state index in [0.29, 0.717) is 6.04 Å². The van der Waals surface area contributed by atoms with Gasteiger partial charge in [-0.2, -0.15) is 0 Å². The van der Waals surface area contributed by atoms with Crippen molar-refractivity contribution in [3.63, 3.8) is 0 Å². The summed E-state index contributed by atoms with van der Waals surface area (Å²) in [7, 11) is 0. The molecule has 1 nitrogen and oxygen atoms in total. The molecule has 1 N–H and O–H groups in total. The lowest BCUT2D eigenvalue weighted by atomic mass is 10.2. The first kappa shape index (κ1) is 9.79. The summed E-state index contributed by atoms with van der Waals surface area (Å²) in [6.45, 7) is 3.46. The molecule has 0 fully saturated rings. The van der Waals surface area contributed by atoms with Gasteiger partial charge in [0.05, 0.1) is 0 Å². The Kier molecular flexibility index (Phi) is 5.09. The van der Waals surface area contributed by atoms with E-state index in [1.54, 1.807) is 0 Å². The first-order valence-electron chi connectivity index (χ1n) is 5.33. The van der Waals surface area contributed by atoms with Crippen molar-refractivity contribution < 1.29 is 0 Å². The van der Waals surface area contributed by atoms with Crippen LogP contribution in [0.4, 0.5) is 0 Å². The Hall–Kier alpha value is -0.300. The molecule has 0 aromatic rings. The van der Waals surface area contributed by atoms with E-state index >= 15 is 0 Å². The fourth-order valence-corrected chi connectivity index (χ4v) is 1.64. The van der Waals surface area contributed by atoms with Gasteiger partial charge in [0.1, 0.15) is 0 Å². The maximum Gasteiger partial charge on any atom is 0.0252 e. The molecule has 1 aliphatic carbocycles. The molecule has 0 aromatic carbocycles. The molecule has 0 spiro atoms. The van der Waals surface area contributed by atoms with E-state index in [9.17, 15) is 0 Å². The summed E-state index contributed by atoms with van der Waals surface area (Å²) in [6.07, 6.45) is 12.6. The third-order valence-electron chi connectivity index (χ3n) is 2.45. The van der Waals surface area contributed by atoms with E-state index in [2.05, 4.69) is 24.4 Å². The van der Waals surface area contributed by atoms with Crippen LogP contribution in [0, 0.1) is 0 Å². The molecule has 1 aliphatic rings. The van der Waals surface area contributed by atoms with Crippen LogP contribution < -0.4 is 5.32 Å². The SMILES string of the molecule is CCCCCCN[C@@H]1C=CCC1. The van der Waals surface area contributed by atoms with Gasteiger partial charge in [0.15, 0.2) is 0 Å². The lowest BCUT2D eigenvalue weighted by Crippen LogP contribution is -2.25. The van der Waals surface area contributed by atoms with Crippen molar-refractivity contribution in [1.82, 2.24) is 5.32 Å². The van der Waals surface area contributed by atoms with E-state index in [1.807, 2.05) is 0 Å². The zero-order valence-electron chi connectivity index (χ0n) is 8.18. The van der Waals surface area contributed by atoms with Gasteiger partial charge in [-0.3, -0.25) is 0 Å². The molecular formula is C11H21N. The summed E-state index contributed by atoms with van der Waals surface area (Å²) in [4.78, 5) is 0. The first-order chi connectivity index (χ1) is 5.93. The van der Waals surface area contributed by atoms with E-state index < -0.39 is 0 Å². The molecule has 1 heteroatoms. The fourth-order valence-electron chi connectivity index (χ4n) is 1.64. The number of rotatable bonds is 6. The molecule has 70 valence electrons. The highest BCUT2D eigenvalue weighted by molar-refractivity contribution is 5.00. The van der Waals surface area contributed by atoms with Crippen LogP contribution in [0.2, 0.25) is 0 Å². The largest absolute Gasteiger partial charge is 0.311 e. The number of nitrogens with one attached hydrogen (secondary N) is 1. The molecule has 0 saturated heterocycles. The molecule has 1 atom stereocenters. The summed E-state index contributed by atoms with van der Waals surface area (Å²) in [5, 5.41) is 3.55. The van der Waals surface area contributed by atoms with Crippen LogP contribution in [0.15, 0.2) is 12.2 Å². The highest BCUT2D eigenvalue weighted by atomic mass is 14.9. The lowest BCUT2D eigenvalue weighted by molar-refractivity contribution is 0.544. The highest BCUT2D eigenvalue weighted by Gasteiger charge is 2.06. The van der Waals surface area contributed by atoms with Crippen LogP contribution in [-0.2, 0) is 0 Å². The van der Waals surface area contributed by atoms with Gasteiger partial charge in [-0.1, -0.05) is 38.3 Å². The molecule has 1 rings (SSSR count).